The second kappa shape index (κ2) is 43.1. The Hall–Kier alpha value is -3.67. The quantitative estimate of drug-likeness (QED) is 0.0362. The molecule has 0 spiro atoms. The summed E-state index contributed by atoms with van der Waals surface area (Å²) in [6, 6.07) is 8.33. The standard InChI is InChI=1S/C62H105NO14S/c1-7-11-15-19-23-27-31-35-43-71-52-41-39-50(47-54(52)73-45-37-33-29-25-21-17-13-9-3)60(64)63-57-59(58(77-78(66,67)68)56(49-69-5)75-62(57)70-6)76-61(65)51-40-42-53(72-44-36-32-28-24-20-16-12-8-2)55(48-51)74-46-38-34-30-26-22-18-14-10-4/h39-42,47-48,56-59,62H,7-38,43-46,49H2,1-6H3,(H,63,64)(H,66,67,68)/t56-,57+,58-,59-,62+/m1/s1. The minimum atomic E-state index is -5.19. The van der Waals surface area contributed by atoms with Gasteiger partial charge in [0.25, 0.3) is 5.91 Å². The fraction of sp³-hybridized carbons (Fsp3) is 0.774. The van der Waals surface area contributed by atoms with Crippen LogP contribution >= 0.6 is 0 Å². The molecule has 1 amide bonds. The maximum atomic E-state index is 14.5. The Kier molecular flexibility index (Phi) is 37.9. The average molecular weight is 1120 g/mol. The van der Waals surface area contributed by atoms with E-state index in [2.05, 4.69) is 33.0 Å². The summed E-state index contributed by atoms with van der Waals surface area (Å²) in [5, 5.41) is 2.88. The molecule has 15 nitrogen and oxygen atoms in total. The van der Waals surface area contributed by atoms with Gasteiger partial charge in [-0.25, -0.2) is 8.98 Å². The highest BCUT2D eigenvalue weighted by Gasteiger charge is 2.52. The summed E-state index contributed by atoms with van der Waals surface area (Å²) in [5.41, 5.74) is 0.257. The Morgan fingerprint density at radius 2 is 0.859 bits per heavy atom. The maximum Gasteiger partial charge on any atom is 0.397 e. The average Bonchev–Trinajstić information content (AvgIpc) is 3.47. The molecule has 0 saturated carbocycles. The summed E-state index contributed by atoms with van der Waals surface area (Å²) in [5.74, 6) is 0.262. The lowest BCUT2D eigenvalue weighted by Gasteiger charge is -2.44. The van der Waals surface area contributed by atoms with Crippen molar-refractivity contribution in [3.05, 3.63) is 47.5 Å². The third-order valence-electron chi connectivity index (χ3n) is 14.4. The number of esters is 1. The number of hydrogen-bond acceptors (Lipinski definition) is 13. The van der Waals surface area contributed by atoms with Gasteiger partial charge in [-0.15, -0.1) is 0 Å². The van der Waals surface area contributed by atoms with Crippen LogP contribution in [0.25, 0.3) is 0 Å². The lowest BCUT2D eigenvalue weighted by Crippen LogP contribution is -2.66. The molecule has 1 heterocycles. The Morgan fingerprint density at radius 1 is 0.500 bits per heavy atom. The molecule has 0 aliphatic carbocycles. The second-order valence-corrected chi connectivity index (χ2v) is 22.3. The number of carbonyl (C=O) groups excluding carboxylic acids is 2. The molecule has 1 aliphatic heterocycles. The number of methoxy groups -OCH3 is 2. The molecule has 1 aliphatic rings. The minimum absolute atomic E-state index is 0.0700. The Morgan fingerprint density at radius 3 is 1.23 bits per heavy atom. The van der Waals surface area contributed by atoms with Crippen LogP contribution in [-0.2, 0) is 33.5 Å². The summed E-state index contributed by atoms with van der Waals surface area (Å²) in [6.45, 7) is 10.4. The number of benzene rings is 2. The monoisotopic (exact) mass is 1120 g/mol. The Balaban J connectivity index is 1.90. The molecular weight excluding hydrogens is 1010 g/mol. The Bertz CT molecular complexity index is 1970. The first kappa shape index (κ1) is 68.6. The molecule has 3 rings (SSSR count). The number of nitrogens with one attached hydrogen (secondary N) is 1. The van der Waals surface area contributed by atoms with Crippen LogP contribution in [0.3, 0.4) is 0 Å². The first-order chi connectivity index (χ1) is 38.0. The lowest BCUT2D eigenvalue weighted by atomic mass is 9.96. The van der Waals surface area contributed by atoms with E-state index in [1.165, 1.54) is 143 Å². The topological polar surface area (TPSA) is 184 Å². The van der Waals surface area contributed by atoms with E-state index in [1.54, 1.807) is 36.4 Å². The molecule has 0 unspecified atom stereocenters. The first-order valence-corrected chi connectivity index (χ1v) is 32.0. The molecule has 2 N–H and O–H groups in total. The van der Waals surface area contributed by atoms with E-state index in [4.69, 9.17) is 42.1 Å². The van der Waals surface area contributed by atoms with Crippen LogP contribution in [0.4, 0.5) is 0 Å². The highest BCUT2D eigenvalue weighted by molar-refractivity contribution is 7.80. The summed E-state index contributed by atoms with van der Waals surface area (Å²) in [6.07, 6.45) is 30.8. The zero-order chi connectivity index (χ0) is 56.5. The van der Waals surface area contributed by atoms with Crippen molar-refractivity contribution in [2.24, 2.45) is 0 Å². The van der Waals surface area contributed by atoms with Gasteiger partial charge in [-0.3, -0.25) is 9.35 Å². The van der Waals surface area contributed by atoms with Gasteiger partial charge in [0, 0.05) is 19.8 Å². The number of amides is 1. The molecule has 2 aromatic rings. The smallest absolute Gasteiger partial charge is 0.397 e. The van der Waals surface area contributed by atoms with Crippen LogP contribution in [0.1, 0.15) is 254 Å². The van der Waals surface area contributed by atoms with Crippen molar-refractivity contribution >= 4 is 22.3 Å². The van der Waals surface area contributed by atoms with Crippen molar-refractivity contribution in [2.45, 2.75) is 264 Å². The molecule has 78 heavy (non-hydrogen) atoms. The van der Waals surface area contributed by atoms with Gasteiger partial charge in [0.05, 0.1) is 38.6 Å². The predicted octanol–water partition coefficient (Wildman–Crippen LogP) is 15.3. The molecule has 0 radical (unpaired) electrons. The van der Waals surface area contributed by atoms with Gasteiger partial charge in [-0.2, -0.15) is 8.42 Å². The normalized spacial score (nSPS) is 17.4. The zero-order valence-corrected chi connectivity index (χ0v) is 50.0. The molecule has 0 bridgehead atoms. The zero-order valence-electron chi connectivity index (χ0n) is 49.2. The van der Waals surface area contributed by atoms with Crippen LogP contribution in [0.5, 0.6) is 23.0 Å². The lowest BCUT2D eigenvalue weighted by molar-refractivity contribution is -0.257. The fourth-order valence-corrected chi connectivity index (χ4v) is 10.3. The SMILES string of the molecule is CCCCCCCCCCOc1ccc(C(=O)N[C@@H]2[C@@H](OC)O[C@H](COC)[C@@H](OS(=O)(=O)O)[C@@H]2OC(=O)c2ccc(OCCCCCCCCCC)c(OCCCCCCCCCC)c2)cc1OCCCCCCCCCC. The van der Waals surface area contributed by atoms with E-state index in [9.17, 15) is 22.6 Å². The van der Waals surface area contributed by atoms with Crippen LogP contribution < -0.4 is 24.3 Å². The highest BCUT2D eigenvalue weighted by Crippen LogP contribution is 2.34. The van der Waals surface area contributed by atoms with Crippen LogP contribution in [0.2, 0.25) is 0 Å². The summed E-state index contributed by atoms with van der Waals surface area (Å²) < 4.78 is 89.0. The van der Waals surface area contributed by atoms with E-state index in [0.29, 0.717) is 49.4 Å². The molecule has 2 aromatic carbocycles. The van der Waals surface area contributed by atoms with Gasteiger partial charge in [-0.05, 0) is 62.1 Å². The summed E-state index contributed by atoms with van der Waals surface area (Å²) in [4.78, 5) is 28.9. The van der Waals surface area contributed by atoms with E-state index in [1.807, 2.05) is 0 Å². The van der Waals surface area contributed by atoms with Crippen molar-refractivity contribution in [1.29, 1.82) is 0 Å². The van der Waals surface area contributed by atoms with Crippen molar-refractivity contribution in [3.8, 4) is 23.0 Å². The van der Waals surface area contributed by atoms with Gasteiger partial charge in [0.2, 0.25) is 0 Å². The maximum absolute atomic E-state index is 14.5. The number of carbonyl (C=O) groups is 2. The van der Waals surface area contributed by atoms with Gasteiger partial charge < -0.3 is 43.2 Å². The number of hydrogen-bond donors (Lipinski definition) is 2. The Labute approximate surface area is 471 Å². The number of unbranched alkanes of at least 4 members (excludes halogenated alkanes) is 28. The number of rotatable bonds is 49. The highest BCUT2D eigenvalue weighted by atomic mass is 32.3. The second-order valence-electron chi connectivity index (χ2n) is 21.2. The van der Waals surface area contributed by atoms with Gasteiger partial charge in [0.1, 0.15) is 18.2 Å². The molecule has 16 heteroatoms. The van der Waals surface area contributed by atoms with Gasteiger partial charge >= 0.3 is 16.4 Å². The molecule has 0 aromatic heterocycles. The van der Waals surface area contributed by atoms with E-state index >= 15 is 0 Å². The third-order valence-corrected chi connectivity index (χ3v) is 14.9. The minimum Gasteiger partial charge on any atom is -0.490 e. The molecule has 448 valence electrons. The van der Waals surface area contributed by atoms with Crippen molar-refractivity contribution in [1.82, 2.24) is 5.32 Å². The van der Waals surface area contributed by atoms with E-state index in [0.717, 1.165) is 77.0 Å². The molecule has 1 fully saturated rings. The van der Waals surface area contributed by atoms with Crippen LogP contribution in [0, 0.1) is 0 Å². The van der Waals surface area contributed by atoms with Gasteiger partial charge in [0.15, 0.2) is 35.4 Å². The molecular formula is C62H105NO14S. The molecule has 5 atom stereocenters. The van der Waals surface area contributed by atoms with E-state index in [-0.39, 0.29) is 17.7 Å². The van der Waals surface area contributed by atoms with Crippen LogP contribution in [-0.4, -0.2) is 103 Å². The van der Waals surface area contributed by atoms with E-state index < -0.39 is 52.9 Å². The summed E-state index contributed by atoms with van der Waals surface area (Å²) in [7, 11) is -2.48. The van der Waals surface area contributed by atoms with Crippen LogP contribution in [0.15, 0.2) is 36.4 Å². The van der Waals surface area contributed by atoms with Gasteiger partial charge in [-0.1, -0.05) is 207 Å². The van der Waals surface area contributed by atoms with Crippen molar-refractivity contribution in [3.63, 3.8) is 0 Å². The van der Waals surface area contributed by atoms with Crippen molar-refractivity contribution < 1.29 is 64.6 Å². The molecule has 1 saturated heterocycles. The van der Waals surface area contributed by atoms with Crippen molar-refractivity contribution in [2.75, 3.05) is 47.3 Å². The predicted molar refractivity (Wildman–Crippen MR) is 310 cm³/mol. The fourth-order valence-electron chi connectivity index (χ4n) is 9.80. The third kappa shape index (κ3) is 29.2. The number of ether oxygens (including phenoxy) is 8. The first-order valence-electron chi connectivity index (χ1n) is 30.6. The largest absolute Gasteiger partial charge is 0.490 e. The summed E-state index contributed by atoms with van der Waals surface area (Å²) >= 11 is 0.